The molecule has 132 valence electrons. The molecular weight excluding hydrogens is 320 g/mol. The van der Waals surface area contributed by atoms with E-state index in [0.29, 0.717) is 11.6 Å². The monoisotopic (exact) mass is 345 g/mol. The molecular formula is C23H25N2O+. The summed E-state index contributed by atoms with van der Waals surface area (Å²) in [5, 5.41) is 2.20. The minimum atomic E-state index is 0.512. The molecule has 0 radical (unpaired) electrons. The van der Waals surface area contributed by atoms with Gasteiger partial charge in [-0.15, -0.1) is 0 Å². The average Bonchev–Trinajstić information content (AvgIpc) is 3.00. The number of aryl methyl sites for hydroxylation is 3. The fourth-order valence-electron chi connectivity index (χ4n) is 3.88. The van der Waals surface area contributed by atoms with Gasteiger partial charge in [0.05, 0.1) is 5.56 Å². The fraction of sp³-hybridized carbons (Fsp3) is 0.304. The summed E-state index contributed by atoms with van der Waals surface area (Å²) in [6, 6.07) is 10.7. The van der Waals surface area contributed by atoms with Gasteiger partial charge in [-0.05, 0) is 42.5 Å². The Bertz CT molecular complexity index is 1120. The molecule has 0 amide bonds. The maximum atomic E-state index is 6.20. The van der Waals surface area contributed by atoms with Crippen molar-refractivity contribution in [3.8, 4) is 11.3 Å². The van der Waals surface area contributed by atoms with Crippen LogP contribution in [0.1, 0.15) is 43.4 Å². The molecule has 4 rings (SSSR count). The van der Waals surface area contributed by atoms with E-state index in [2.05, 4.69) is 74.8 Å². The van der Waals surface area contributed by atoms with Crippen LogP contribution in [0.15, 0.2) is 47.1 Å². The van der Waals surface area contributed by atoms with E-state index in [0.717, 1.165) is 28.3 Å². The largest absolute Gasteiger partial charge is 0.437 e. The highest BCUT2D eigenvalue weighted by molar-refractivity contribution is 6.08. The first-order valence-electron chi connectivity index (χ1n) is 9.31. The van der Waals surface area contributed by atoms with Crippen LogP contribution >= 0.6 is 0 Å². The minimum Gasteiger partial charge on any atom is -0.437 e. The first-order valence-corrected chi connectivity index (χ1v) is 9.31. The Balaban J connectivity index is 2.07. The summed E-state index contributed by atoms with van der Waals surface area (Å²) in [4.78, 5) is 4.40. The molecule has 0 aliphatic heterocycles. The quantitative estimate of drug-likeness (QED) is 0.461. The lowest BCUT2D eigenvalue weighted by Crippen LogP contribution is -2.32. The van der Waals surface area contributed by atoms with Crippen molar-refractivity contribution in [1.29, 1.82) is 0 Å². The summed E-state index contributed by atoms with van der Waals surface area (Å²) >= 11 is 0. The van der Waals surface area contributed by atoms with E-state index < -0.39 is 0 Å². The van der Waals surface area contributed by atoms with Crippen LogP contribution in [0.4, 0.5) is 0 Å². The van der Waals surface area contributed by atoms with Crippen molar-refractivity contribution < 1.29 is 8.98 Å². The van der Waals surface area contributed by atoms with Gasteiger partial charge in [0.1, 0.15) is 7.05 Å². The molecule has 0 aliphatic carbocycles. The van der Waals surface area contributed by atoms with Crippen molar-refractivity contribution in [1.82, 2.24) is 4.98 Å². The predicted molar refractivity (Wildman–Crippen MR) is 106 cm³/mol. The zero-order valence-corrected chi connectivity index (χ0v) is 16.1. The summed E-state index contributed by atoms with van der Waals surface area (Å²) in [5.74, 6) is 0.512. The third-order valence-corrected chi connectivity index (χ3v) is 5.28. The van der Waals surface area contributed by atoms with Gasteiger partial charge >= 0.3 is 0 Å². The molecule has 0 unspecified atom stereocenters. The smallest absolute Gasteiger partial charge is 0.227 e. The molecule has 1 aromatic carbocycles. The highest BCUT2D eigenvalue weighted by Crippen LogP contribution is 2.36. The van der Waals surface area contributed by atoms with Crippen LogP contribution in [0.2, 0.25) is 0 Å². The van der Waals surface area contributed by atoms with Gasteiger partial charge in [-0.3, -0.25) is 0 Å². The second-order valence-corrected chi connectivity index (χ2v) is 7.35. The van der Waals surface area contributed by atoms with E-state index in [1.54, 1.807) is 6.20 Å². The molecule has 0 fully saturated rings. The second-order valence-electron chi connectivity index (χ2n) is 7.35. The van der Waals surface area contributed by atoms with Crippen LogP contribution in [0.25, 0.3) is 33.3 Å². The number of pyridine rings is 2. The number of benzene rings is 1. The molecule has 0 saturated carbocycles. The first-order chi connectivity index (χ1) is 12.5. The molecule has 0 spiro atoms. The Morgan fingerprint density at radius 1 is 1.15 bits per heavy atom. The summed E-state index contributed by atoms with van der Waals surface area (Å²) in [7, 11) is 2.12. The number of aromatic nitrogens is 2. The maximum absolute atomic E-state index is 6.20. The molecule has 0 saturated heterocycles. The van der Waals surface area contributed by atoms with E-state index in [1.807, 2.05) is 6.07 Å². The number of nitrogens with zero attached hydrogens (tertiary/aromatic N) is 2. The Hall–Kier alpha value is -2.68. The van der Waals surface area contributed by atoms with E-state index in [-0.39, 0.29) is 0 Å². The van der Waals surface area contributed by atoms with Gasteiger partial charge in [0.25, 0.3) is 0 Å². The lowest BCUT2D eigenvalue weighted by Gasteiger charge is -2.13. The van der Waals surface area contributed by atoms with Gasteiger partial charge < -0.3 is 4.42 Å². The van der Waals surface area contributed by atoms with Gasteiger partial charge in [-0.25, -0.2) is 9.55 Å². The van der Waals surface area contributed by atoms with Crippen molar-refractivity contribution >= 4 is 22.1 Å². The Kier molecular flexibility index (Phi) is 4.03. The predicted octanol–water partition coefficient (Wildman–Crippen LogP) is 5.47. The van der Waals surface area contributed by atoms with Crippen LogP contribution < -0.4 is 4.57 Å². The minimum absolute atomic E-state index is 0.512. The molecule has 0 aliphatic rings. The normalized spacial score (nSPS) is 11.8. The van der Waals surface area contributed by atoms with Crippen molar-refractivity contribution in [3.05, 3.63) is 59.4 Å². The molecule has 3 heterocycles. The molecule has 4 aromatic rings. The van der Waals surface area contributed by atoms with Crippen molar-refractivity contribution in [3.63, 3.8) is 0 Å². The van der Waals surface area contributed by atoms with Gasteiger partial charge in [0, 0.05) is 28.6 Å². The van der Waals surface area contributed by atoms with E-state index in [4.69, 9.17) is 4.42 Å². The van der Waals surface area contributed by atoms with Gasteiger partial charge in [-0.2, -0.15) is 0 Å². The zero-order chi connectivity index (χ0) is 18.4. The fourth-order valence-corrected chi connectivity index (χ4v) is 3.88. The van der Waals surface area contributed by atoms with Crippen molar-refractivity contribution in [2.24, 2.45) is 7.05 Å². The number of hydrogen-bond acceptors (Lipinski definition) is 2. The third-order valence-electron chi connectivity index (χ3n) is 5.28. The SMILES string of the molecule is CCc1cc(-c2c(C)ccc3c2oc2ncccc23)[n+](C)cc1C(C)C. The Morgan fingerprint density at radius 2 is 1.96 bits per heavy atom. The number of rotatable bonds is 3. The lowest BCUT2D eigenvalue weighted by atomic mass is 9.94. The van der Waals surface area contributed by atoms with Crippen LogP contribution in [-0.2, 0) is 13.5 Å². The topological polar surface area (TPSA) is 29.9 Å². The molecule has 0 atom stereocenters. The number of hydrogen-bond donors (Lipinski definition) is 0. The summed E-state index contributed by atoms with van der Waals surface area (Å²) in [6.07, 6.45) is 5.08. The zero-order valence-electron chi connectivity index (χ0n) is 16.1. The highest BCUT2D eigenvalue weighted by Gasteiger charge is 2.23. The van der Waals surface area contributed by atoms with E-state index in [1.165, 1.54) is 22.4 Å². The van der Waals surface area contributed by atoms with Gasteiger partial charge in [-0.1, -0.05) is 32.9 Å². The van der Waals surface area contributed by atoms with Gasteiger partial charge in [0.15, 0.2) is 11.8 Å². The molecule has 0 bridgehead atoms. The Morgan fingerprint density at radius 3 is 2.69 bits per heavy atom. The summed E-state index contributed by atoms with van der Waals surface area (Å²) in [6.45, 7) is 8.89. The van der Waals surface area contributed by atoms with Crippen LogP contribution in [0, 0.1) is 6.92 Å². The number of fused-ring (bicyclic) bond motifs is 3. The maximum Gasteiger partial charge on any atom is 0.227 e. The average molecular weight is 345 g/mol. The summed E-state index contributed by atoms with van der Waals surface area (Å²) in [5.41, 5.74) is 8.00. The van der Waals surface area contributed by atoms with Crippen LogP contribution in [0.5, 0.6) is 0 Å². The number of furan rings is 1. The van der Waals surface area contributed by atoms with Crippen molar-refractivity contribution in [2.45, 2.75) is 40.0 Å². The molecule has 3 heteroatoms. The van der Waals surface area contributed by atoms with E-state index in [9.17, 15) is 0 Å². The molecule has 0 N–H and O–H groups in total. The Labute approximate surface area is 154 Å². The van der Waals surface area contributed by atoms with Crippen LogP contribution in [-0.4, -0.2) is 4.98 Å². The van der Waals surface area contributed by atoms with Gasteiger partial charge in [0.2, 0.25) is 11.4 Å². The first kappa shape index (κ1) is 16.8. The lowest BCUT2D eigenvalue weighted by molar-refractivity contribution is -0.660. The molecule has 3 aromatic heterocycles. The highest BCUT2D eigenvalue weighted by atomic mass is 16.3. The molecule has 26 heavy (non-hydrogen) atoms. The third kappa shape index (κ3) is 2.50. The van der Waals surface area contributed by atoms with E-state index >= 15 is 0 Å². The van der Waals surface area contributed by atoms with Crippen molar-refractivity contribution in [2.75, 3.05) is 0 Å². The van der Waals surface area contributed by atoms with Crippen LogP contribution in [0.3, 0.4) is 0 Å². The second kappa shape index (κ2) is 6.24. The molecule has 3 nitrogen and oxygen atoms in total. The standard InChI is InChI=1S/C23H25N2O/c1-6-16-12-20(25(5)13-19(16)14(2)3)21-15(4)9-10-17-18-8-7-11-24-23(18)26-22(17)21/h7-14H,6H2,1-5H3/q+1. The summed E-state index contributed by atoms with van der Waals surface area (Å²) < 4.78 is 8.43.